The van der Waals surface area contributed by atoms with Gasteiger partial charge in [-0.2, -0.15) is 9.94 Å². The quantitative estimate of drug-likeness (QED) is 0.547. The van der Waals surface area contributed by atoms with Crippen molar-refractivity contribution in [3.63, 3.8) is 0 Å². The molecule has 1 unspecified atom stereocenters. The number of aromatic nitrogens is 3. The molecule has 0 aliphatic carbocycles. The number of allylic oxidation sites excluding steroid dienone is 1. The predicted octanol–water partition coefficient (Wildman–Crippen LogP) is 2.70. The first-order valence-electron chi connectivity index (χ1n) is 8.06. The monoisotopic (exact) mass is 466 g/mol. The lowest BCUT2D eigenvalue weighted by Crippen LogP contribution is -2.38. The summed E-state index contributed by atoms with van der Waals surface area (Å²) in [5.41, 5.74) is 1.13. The van der Waals surface area contributed by atoms with E-state index in [9.17, 15) is 9.18 Å². The molecule has 3 rings (SSSR count). The zero-order chi connectivity index (χ0) is 20.3. The molecule has 2 aromatic rings. The Labute approximate surface area is 172 Å². The summed E-state index contributed by atoms with van der Waals surface area (Å²) in [6.45, 7) is 1.86. The first-order valence-corrected chi connectivity index (χ1v) is 9.56. The molecule has 0 saturated carbocycles. The van der Waals surface area contributed by atoms with Crippen molar-refractivity contribution >= 4 is 39.5 Å². The zero-order valence-electron chi connectivity index (χ0n) is 14.5. The van der Waals surface area contributed by atoms with Gasteiger partial charge in [-0.05, 0) is 19.1 Å². The average Bonchev–Trinajstić information content (AvgIpc) is 3.16. The number of esters is 1. The normalized spacial score (nSPS) is 16.2. The Morgan fingerprint density at radius 3 is 2.93 bits per heavy atom. The average molecular weight is 468 g/mol. The number of nitriles is 1. The minimum atomic E-state index is -0.870. The van der Waals surface area contributed by atoms with E-state index in [1.807, 2.05) is 6.07 Å². The maximum Gasteiger partial charge on any atom is 0.338 e. The van der Waals surface area contributed by atoms with Crippen LogP contribution < -0.4 is 5.32 Å². The lowest BCUT2D eigenvalue weighted by Gasteiger charge is -2.27. The molecule has 1 aliphatic rings. The molecular formula is C17H13BrClFN6O2. The van der Waals surface area contributed by atoms with Crippen LogP contribution in [0.3, 0.4) is 0 Å². The van der Waals surface area contributed by atoms with Crippen molar-refractivity contribution in [1.29, 1.82) is 5.26 Å². The van der Waals surface area contributed by atoms with Crippen LogP contribution >= 0.6 is 27.5 Å². The van der Waals surface area contributed by atoms with Crippen molar-refractivity contribution in [2.45, 2.75) is 13.0 Å². The molecule has 2 heterocycles. The Morgan fingerprint density at radius 1 is 1.54 bits per heavy atom. The number of hydrogen-bond acceptors (Lipinski definition) is 7. The van der Waals surface area contributed by atoms with Crippen molar-refractivity contribution < 1.29 is 13.9 Å². The third kappa shape index (κ3) is 3.90. The fraction of sp³-hybridized carbons (Fsp3) is 0.235. The number of carbonyl (C=O) groups is 1. The van der Waals surface area contributed by atoms with Crippen LogP contribution in [-0.2, 0) is 9.53 Å². The molecule has 1 atom stereocenters. The SMILES string of the molecule is CCOC(=O)C1=C(CBr)NC(n2cnc(C#N)n2)=NC1c1ccc(F)cc1Cl. The highest BCUT2D eigenvalue weighted by Crippen LogP contribution is 2.36. The van der Waals surface area contributed by atoms with Crippen LogP contribution in [0, 0.1) is 17.1 Å². The summed E-state index contributed by atoms with van der Waals surface area (Å²) in [6.07, 6.45) is 1.31. The number of halogens is 3. The van der Waals surface area contributed by atoms with E-state index < -0.39 is 17.8 Å². The van der Waals surface area contributed by atoms with Crippen molar-refractivity contribution in [3.8, 4) is 6.07 Å². The van der Waals surface area contributed by atoms with Gasteiger partial charge in [-0.15, -0.1) is 5.10 Å². The fourth-order valence-corrected chi connectivity index (χ4v) is 3.33. The molecular weight excluding hydrogens is 455 g/mol. The van der Waals surface area contributed by atoms with Gasteiger partial charge in [0.1, 0.15) is 24.3 Å². The van der Waals surface area contributed by atoms with Crippen LogP contribution in [0.2, 0.25) is 5.02 Å². The van der Waals surface area contributed by atoms with Gasteiger partial charge >= 0.3 is 5.97 Å². The van der Waals surface area contributed by atoms with Crippen LogP contribution in [0.1, 0.15) is 24.4 Å². The third-order valence-electron chi connectivity index (χ3n) is 3.81. The number of benzene rings is 1. The molecule has 11 heteroatoms. The maximum atomic E-state index is 13.5. The second kappa shape index (κ2) is 8.50. The zero-order valence-corrected chi connectivity index (χ0v) is 16.8. The third-order valence-corrected chi connectivity index (χ3v) is 4.70. The number of alkyl halides is 1. The number of nitrogens with zero attached hydrogens (tertiary/aromatic N) is 5. The van der Waals surface area contributed by atoms with E-state index >= 15 is 0 Å². The predicted molar refractivity (Wildman–Crippen MR) is 102 cm³/mol. The van der Waals surface area contributed by atoms with Crippen LogP contribution in [0.4, 0.5) is 4.39 Å². The Kier molecular flexibility index (Phi) is 6.06. The van der Waals surface area contributed by atoms with Gasteiger partial charge in [0.15, 0.2) is 0 Å². The van der Waals surface area contributed by atoms with Crippen LogP contribution in [0.25, 0.3) is 0 Å². The van der Waals surface area contributed by atoms with E-state index in [0.29, 0.717) is 11.3 Å². The second-order valence-corrected chi connectivity index (χ2v) is 6.48. The molecule has 1 aromatic carbocycles. The molecule has 8 nitrogen and oxygen atoms in total. The molecule has 28 heavy (non-hydrogen) atoms. The molecule has 0 saturated heterocycles. The number of ether oxygens (including phenoxy) is 1. The van der Waals surface area contributed by atoms with E-state index in [4.69, 9.17) is 21.6 Å². The molecule has 0 spiro atoms. The summed E-state index contributed by atoms with van der Waals surface area (Å²) in [6, 6.07) is 4.80. The minimum Gasteiger partial charge on any atom is -0.463 e. The molecule has 0 bridgehead atoms. The standard InChI is InChI=1S/C17H13BrClFN6O2/c1-2-28-16(27)14-12(6-18)23-17(26-8-22-13(7-21)25-26)24-15(14)10-4-3-9(20)5-11(10)19/h3-5,8,15H,2,6H2,1H3,(H,23,24). The molecule has 0 radical (unpaired) electrons. The summed E-state index contributed by atoms with van der Waals surface area (Å²) < 4.78 is 20.0. The highest BCUT2D eigenvalue weighted by atomic mass is 79.9. The van der Waals surface area contributed by atoms with Gasteiger partial charge in [-0.3, -0.25) is 0 Å². The summed E-state index contributed by atoms with van der Waals surface area (Å²) in [5, 5.41) is 16.3. The lowest BCUT2D eigenvalue weighted by atomic mass is 9.96. The molecule has 0 fully saturated rings. The molecule has 1 N–H and O–H groups in total. The molecule has 144 valence electrons. The van der Waals surface area contributed by atoms with Gasteiger partial charge in [0.05, 0.1) is 12.2 Å². The van der Waals surface area contributed by atoms with E-state index in [0.717, 1.165) is 6.07 Å². The number of nitrogens with one attached hydrogen (secondary N) is 1. The van der Waals surface area contributed by atoms with Crippen LogP contribution in [0.5, 0.6) is 0 Å². The Balaban J connectivity index is 2.15. The minimum absolute atomic E-state index is 0.0403. The Morgan fingerprint density at radius 2 is 2.32 bits per heavy atom. The maximum absolute atomic E-state index is 13.5. The summed E-state index contributed by atoms with van der Waals surface area (Å²) in [5.74, 6) is -0.901. The second-order valence-electron chi connectivity index (χ2n) is 5.52. The summed E-state index contributed by atoms with van der Waals surface area (Å²) >= 11 is 9.57. The van der Waals surface area contributed by atoms with Gasteiger partial charge < -0.3 is 10.1 Å². The van der Waals surface area contributed by atoms with Gasteiger partial charge in [-0.25, -0.2) is 19.2 Å². The molecule has 1 aliphatic heterocycles. The van der Waals surface area contributed by atoms with Crippen LogP contribution in [0.15, 0.2) is 40.8 Å². The van der Waals surface area contributed by atoms with Gasteiger partial charge in [0.2, 0.25) is 5.96 Å². The van der Waals surface area contributed by atoms with E-state index in [1.54, 1.807) is 6.92 Å². The largest absolute Gasteiger partial charge is 0.463 e. The van der Waals surface area contributed by atoms with Crippen molar-refractivity contribution in [2.75, 3.05) is 11.9 Å². The highest BCUT2D eigenvalue weighted by molar-refractivity contribution is 9.09. The topological polar surface area (TPSA) is 105 Å². The van der Waals surface area contributed by atoms with Gasteiger partial charge in [0.25, 0.3) is 5.82 Å². The van der Waals surface area contributed by atoms with Gasteiger partial charge in [0, 0.05) is 21.6 Å². The van der Waals surface area contributed by atoms with E-state index in [1.165, 1.54) is 23.1 Å². The van der Waals surface area contributed by atoms with Crippen molar-refractivity contribution in [2.24, 2.45) is 4.99 Å². The summed E-state index contributed by atoms with van der Waals surface area (Å²) in [4.78, 5) is 21.0. The number of carbonyl (C=O) groups excluding carboxylic acids is 1. The molecule has 0 amide bonds. The Bertz CT molecular complexity index is 1030. The number of rotatable bonds is 4. The molecule has 1 aromatic heterocycles. The number of hydrogen-bond donors (Lipinski definition) is 1. The Hall–Kier alpha value is -2.77. The van der Waals surface area contributed by atoms with Gasteiger partial charge in [-0.1, -0.05) is 33.6 Å². The summed E-state index contributed by atoms with van der Waals surface area (Å²) in [7, 11) is 0. The van der Waals surface area contributed by atoms with Crippen molar-refractivity contribution in [3.05, 3.63) is 58.0 Å². The number of aliphatic imine (C=N–C) groups is 1. The first kappa shape index (κ1) is 20.0. The van der Waals surface area contributed by atoms with Crippen LogP contribution in [-0.4, -0.2) is 38.6 Å². The van der Waals surface area contributed by atoms with E-state index in [-0.39, 0.29) is 34.3 Å². The van der Waals surface area contributed by atoms with E-state index in [2.05, 4.69) is 36.3 Å². The highest BCUT2D eigenvalue weighted by Gasteiger charge is 2.33. The lowest BCUT2D eigenvalue weighted by molar-refractivity contribution is -0.138. The smallest absolute Gasteiger partial charge is 0.338 e. The first-order chi connectivity index (χ1) is 13.5. The fourth-order valence-electron chi connectivity index (χ4n) is 2.62. The van der Waals surface area contributed by atoms with Crippen molar-refractivity contribution in [1.82, 2.24) is 20.1 Å².